The van der Waals surface area contributed by atoms with Crippen LogP contribution >= 0.6 is 0 Å². The molecule has 6 nitrogen and oxygen atoms in total. The highest BCUT2D eigenvalue weighted by molar-refractivity contribution is 5.24. The van der Waals surface area contributed by atoms with Crippen molar-refractivity contribution >= 4 is 0 Å². The molecular weight excluding hydrogens is 244 g/mol. The van der Waals surface area contributed by atoms with Crippen LogP contribution in [0.2, 0.25) is 0 Å². The predicted octanol–water partition coefficient (Wildman–Crippen LogP) is 1.03. The summed E-state index contributed by atoms with van der Waals surface area (Å²) in [5, 5.41) is 20.4. The maximum absolute atomic E-state index is 8.83. The summed E-state index contributed by atoms with van der Waals surface area (Å²) in [7, 11) is 0. The zero-order valence-corrected chi connectivity index (χ0v) is 10.7. The number of nitrogens with one attached hydrogen (secondary N) is 1. The zero-order chi connectivity index (χ0) is 13.1. The molecule has 19 heavy (non-hydrogen) atoms. The highest BCUT2D eigenvalue weighted by atomic mass is 16.3. The number of aliphatic hydroxyl groups is 1. The fraction of sp³-hybridized carbons (Fsp3) is 0.538. The molecule has 0 spiro atoms. The standard InChI is InChI=1S/C13H18N4O2/c18-6-5-17-9-10(15-16-17)8-14-12-2-1-3-13-11(12)4-7-19-13/h4,7,9,12,14,18H,1-3,5-6,8H2. The molecule has 0 amide bonds. The van der Waals surface area contributed by atoms with Crippen LogP contribution in [0, 0.1) is 0 Å². The van der Waals surface area contributed by atoms with Crippen LogP contribution < -0.4 is 5.32 Å². The van der Waals surface area contributed by atoms with Crippen molar-refractivity contribution in [2.24, 2.45) is 0 Å². The van der Waals surface area contributed by atoms with E-state index in [0.717, 1.165) is 30.7 Å². The average molecular weight is 262 g/mol. The summed E-state index contributed by atoms with van der Waals surface area (Å²) in [6.07, 6.45) is 6.93. The topological polar surface area (TPSA) is 76.1 Å². The normalized spacial score (nSPS) is 18.5. The molecule has 0 saturated heterocycles. The van der Waals surface area contributed by atoms with Crippen LogP contribution in [0.5, 0.6) is 0 Å². The number of hydrogen-bond donors (Lipinski definition) is 2. The summed E-state index contributed by atoms with van der Waals surface area (Å²) in [6.45, 7) is 1.25. The molecule has 0 aliphatic heterocycles. The van der Waals surface area contributed by atoms with Crippen LogP contribution in [-0.2, 0) is 19.5 Å². The molecule has 0 saturated carbocycles. The quantitative estimate of drug-likeness (QED) is 0.841. The fourth-order valence-corrected chi connectivity index (χ4v) is 2.56. The minimum Gasteiger partial charge on any atom is -0.469 e. The summed E-state index contributed by atoms with van der Waals surface area (Å²) < 4.78 is 7.13. The number of fused-ring (bicyclic) bond motifs is 1. The van der Waals surface area contributed by atoms with Crippen molar-refractivity contribution in [1.82, 2.24) is 20.3 Å². The molecule has 102 valence electrons. The lowest BCUT2D eigenvalue weighted by molar-refractivity contribution is 0.268. The van der Waals surface area contributed by atoms with Gasteiger partial charge in [-0.1, -0.05) is 5.21 Å². The van der Waals surface area contributed by atoms with Gasteiger partial charge in [-0.05, 0) is 18.9 Å². The summed E-state index contributed by atoms with van der Waals surface area (Å²) in [5.74, 6) is 1.10. The van der Waals surface area contributed by atoms with E-state index >= 15 is 0 Å². The third-order valence-corrected chi connectivity index (χ3v) is 3.50. The van der Waals surface area contributed by atoms with Crippen LogP contribution in [0.3, 0.4) is 0 Å². The molecule has 2 N–H and O–H groups in total. The Bertz CT molecular complexity index is 534. The largest absolute Gasteiger partial charge is 0.469 e. The minimum atomic E-state index is 0.0806. The molecule has 2 aromatic rings. The molecule has 1 atom stereocenters. The van der Waals surface area contributed by atoms with Gasteiger partial charge >= 0.3 is 0 Å². The SMILES string of the molecule is OCCn1cc(CNC2CCCc3occc32)nn1. The van der Waals surface area contributed by atoms with Gasteiger partial charge < -0.3 is 14.8 Å². The van der Waals surface area contributed by atoms with Gasteiger partial charge in [-0.25, -0.2) is 4.68 Å². The number of furan rings is 1. The molecule has 0 bridgehead atoms. The van der Waals surface area contributed by atoms with Crippen LogP contribution in [0.1, 0.15) is 35.9 Å². The van der Waals surface area contributed by atoms with E-state index in [-0.39, 0.29) is 6.61 Å². The first-order valence-electron chi connectivity index (χ1n) is 6.66. The van der Waals surface area contributed by atoms with Crippen molar-refractivity contribution in [2.45, 2.75) is 38.4 Å². The Balaban J connectivity index is 1.61. The van der Waals surface area contributed by atoms with Gasteiger partial charge in [0.05, 0.1) is 25.1 Å². The molecule has 0 aromatic carbocycles. The second-order valence-electron chi connectivity index (χ2n) is 4.82. The predicted molar refractivity (Wildman–Crippen MR) is 68.3 cm³/mol. The van der Waals surface area contributed by atoms with Gasteiger partial charge in [0.2, 0.25) is 0 Å². The van der Waals surface area contributed by atoms with E-state index in [4.69, 9.17) is 9.52 Å². The number of aryl methyl sites for hydroxylation is 1. The van der Waals surface area contributed by atoms with Gasteiger partial charge in [-0.2, -0.15) is 0 Å². The lowest BCUT2D eigenvalue weighted by Crippen LogP contribution is -2.24. The van der Waals surface area contributed by atoms with Crippen LogP contribution in [0.4, 0.5) is 0 Å². The van der Waals surface area contributed by atoms with Gasteiger partial charge in [0, 0.05) is 30.8 Å². The van der Waals surface area contributed by atoms with E-state index in [0.29, 0.717) is 19.1 Å². The Morgan fingerprint density at radius 1 is 1.53 bits per heavy atom. The van der Waals surface area contributed by atoms with Gasteiger partial charge in [-0.3, -0.25) is 0 Å². The Kier molecular flexibility index (Phi) is 3.61. The van der Waals surface area contributed by atoms with Crippen molar-refractivity contribution in [3.63, 3.8) is 0 Å². The van der Waals surface area contributed by atoms with E-state index in [2.05, 4.69) is 21.7 Å². The maximum atomic E-state index is 8.83. The number of aromatic nitrogens is 3. The van der Waals surface area contributed by atoms with Crippen LogP contribution in [0.15, 0.2) is 22.9 Å². The number of hydrogen-bond acceptors (Lipinski definition) is 5. The smallest absolute Gasteiger partial charge is 0.108 e. The van der Waals surface area contributed by atoms with Gasteiger partial charge in [0.25, 0.3) is 0 Å². The summed E-state index contributed by atoms with van der Waals surface area (Å²) in [4.78, 5) is 0. The summed E-state index contributed by atoms with van der Waals surface area (Å²) >= 11 is 0. The monoisotopic (exact) mass is 262 g/mol. The summed E-state index contributed by atoms with van der Waals surface area (Å²) in [5.41, 5.74) is 2.16. The maximum Gasteiger partial charge on any atom is 0.108 e. The molecule has 0 fully saturated rings. The first-order valence-corrected chi connectivity index (χ1v) is 6.66. The highest BCUT2D eigenvalue weighted by Crippen LogP contribution is 2.30. The number of rotatable bonds is 5. The van der Waals surface area contributed by atoms with Gasteiger partial charge in [0.15, 0.2) is 0 Å². The molecular formula is C13H18N4O2. The van der Waals surface area contributed by atoms with E-state index in [1.165, 1.54) is 5.56 Å². The lowest BCUT2D eigenvalue weighted by Gasteiger charge is -2.22. The molecule has 1 aliphatic carbocycles. The minimum absolute atomic E-state index is 0.0806. The molecule has 2 aromatic heterocycles. The van der Waals surface area contributed by atoms with Gasteiger partial charge in [0.1, 0.15) is 5.76 Å². The Labute approximate surface area is 111 Å². The van der Waals surface area contributed by atoms with E-state index < -0.39 is 0 Å². The first-order chi connectivity index (χ1) is 9.36. The number of nitrogens with zero attached hydrogens (tertiary/aromatic N) is 3. The molecule has 1 unspecified atom stereocenters. The number of aliphatic hydroxyl groups excluding tert-OH is 1. The van der Waals surface area contributed by atoms with E-state index in [1.54, 1.807) is 10.9 Å². The third kappa shape index (κ3) is 2.69. The molecule has 1 aliphatic rings. The fourth-order valence-electron chi connectivity index (χ4n) is 2.56. The van der Waals surface area contributed by atoms with Crippen molar-refractivity contribution < 1.29 is 9.52 Å². The Hall–Kier alpha value is -1.66. The molecule has 3 rings (SSSR count). The third-order valence-electron chi connectivity index (χ3n) is 3.50. The van der Waals surface area contributed by atoms with Gasteiger partial charge in [-0.15, -0.1) is 5.10 Å². The molecule has 2 heterocycles. The second-order valence-corrected chi connectivity index (χ2v) is 4.82. The zero-order valence-electron chi connectivity index (χ0n) is 10.7. The second kappa shape index (κ2) is 5.54. The Morgan fingerprint density at radius 3 is 3.37 bits per heavy atom. The van der Waals surface area contributed by atoms with Crippen molar-refractivity contribution in [1.29, 1.82) is 0 Å². The van der Waals surface area contributed by atoms with E-state index in [9.17, 15) is 0 Å². The van der Waals surface area contributed by atoms with Crippen LogP contribution in [0.25, 0.3) is 0 Å². The van der Waals surface area contributed by atoms with Crippen LogP contribution in [-0.4, -0.2) is 26.7 Å². The van der Waals surface area contributed by atoms with Crippen molar-refractivity contribution in [3.8, 4) is 0 Å². The Morgan fingerprint density at radius 2 is 2.47 bits per heavy atom. The van der Waals surface area contributed by atoms with Crippen molar-refractivity contribution in [2.75, 3.05) is 6.61 Å². The summed E-state index contributed by atoms with van der Waals surface area (Å²) in [6, 6.07) is 2.39. The average Bonchev–Trinajstić information content (AvgIpc) is 3.05. The van der Waals surface area contributed by atoms with E-state index in [1.807, 2.05) is 6.20 Å². The molecule has 6 heteroatoms. The first kappa shape index (κ1) is 12.4. The van der Waals surface area contributed by atoms with Crippen molar-refractivity contribution in [3.05, 3.63) is 35.5 Å². The lowest BCUT2D eigenvalue weighted by atomic mass is 9.93. The molecule has 0 radical (unpaired) electrons. The highest BCUT2D eigenvalue weighted by Gasteiger charge is 2.22.